The van der Waals surface area contributed by atoms with Crippen LogP contribution in [0.3, 0.4) is 0 Å². The minimum absolute atomic E-state index is 0.394. The molecule has 21 heavy (non-hydrogen) atoms. The Morgan fingerprint density at radius 1 is 1.14 bits per heavy atom. The van der Waals surface area contributed by atoms with Gasteiger partial charge in [0.15, 0.2) is 0 Å². The van der Waals surface area contributed by atoms with E-state index < -0.39 is 0 Å². The summed E-state index contributed by atoms with van der Waals surface area (Å²) in [5, 5.41) is 4.30. The number of halogens is 1. The zero-order valence-electron chi connectivity index (χ0n) is 12.8. The molecular weight excluding hydrogens is 282 g/mol. The van der Waals surface area contributed by atoms with Gasteiger partial charge in [0.05, 0.1) is 7.11 Å². The lowest BCUT2D eigenvalue weighted by atomic mass is 10.1. The quantitative estimate of drug-likeness (QED) is 0.802. The van der Waals surface area contributed by atoms with Gasteiger partial charge in [-0.2, -0.15) is 0 Å². The normalized spacial score (nSPS) is 12.0. The molecule has 0 aliphatic carbocycles. The second kappa shape index (κ2) is 7.37. The molecule has 0 saturated carbocycles. The molecule has 1 N–H and O–H groups in total. The molecule has 0 fully saturated rings. The van der Waals surface area contributed by atoms with Crippen LogP contribution in [0.2, 0.25) is 5.02 Å². The average Bonchev–Trinajstić information content (AvgIpc) is 2.49. The molecule has 2 aromatic rings. The molecule has 0 bridgehead atoms. The molecule has 0 aliphatic rings. The van der Waals surface area contributed by atoms with Crippen molar-refractivity contribution in [2.45, 2.75) is 32.7 Å². The summed E-state index contributed by atoms with van der Waals surface area (Å²) in [7, 11) is 1.69. The molecular formula is C18H22ClNO. The number of nitrogens with one attached hydrogen (secondary N) is 1. The van der Waals surface area contributed by atoms with Crippen molar-refractivity contribution < 1.29 is 4.74 Å². The maximum absolute atomic E-state index is 6.15. The second-order valence-corrected chi connectivity index (χ2v) is 5.80. The van der Waals surface area contributed by atoms with E-state index >= 15 is 0 Å². The lowest BCUT2D eigenvalue weighted by Gasteiger charge is -2.16. The fourth-order valence-electron chi connectivity index (χ4n) is 2.21. The van der Waals surface area contributed by atoms with E-state index in [2.05, 4.69) is 30.4 Å². The fourth-order valence-corrected chi connectivity index (χ4v) is 2.40. The van der Waals surface area contributed by atoms with Crippen LogP contribution in [-0.4, -0.2) is 13.2 Å². The molecule has 2 aromatic carbocycles. The summed E-state index contributed by atoms with van der Waals surface area (Å²) in [5.41, 5.74) is 3.51. The number of aryl methyl sites for hydroxylation is 2. The molecule has 1 unspecified atom stereocenters. The van der Waals surface area contributed by atoms with Crippen molar-refractivity contribution in [1.82, 2.24) is 0 Å². The van der Waals surface area contributed by atoms with Crippen molar-refractivity contribution in [3.63, 3.8) is 0 Å². The first-order valence-electron chi connectivity index (χ1n) is 7.24. The highest BCUT2D eigenvalue weighted by molar-refractivity contribution is 6.31. The standard InChI is InChI=1S/C18H22ClNO/c1-13-4-9-16(12-18(13)19)20-14(2)5-6-15-7-10-17(21-3)11-8-15/h4,7-12,14,20H,5-6H2,1-3H3. The van der Waals surface area contributed by atoms with Gasteiger partial charge in [0.1, 0.15) is 5.75 Å². The number of benzene rings is 2. The van der Waals surface area contributed by atoms with Gasteiger partial charge in [-0.3, -0.25) is 0 Å². The van der Waals surface area contributed by atoms with Gasteiger partial charge >= 0.3 is 0 Å². The fraction of sp³-hybridized carbons (Fsp3) is 0.333. The van der Waals surface area contributed by atoms with E-state index in [1.54, 1.807) is 7.11 Å². The van der Waals surface area contributed by atoms with Crippen LogP contribution in [0.25, 0.3) is 0 Å². The number of hydrogen-bond donors (Lipinski definition) is 1. The van der Waals surface area contributed by atoms with E-state index in [4.69, 9.17) is 16.3 Å². The molecule has 112 valence electrons. The Morgan fingerprint density at radius 3 is 2.48 bits per heavy atom. The second-order valence-electron chi connectivity index (χ2n) is 5.40. The topological polar surface area (TPSA) is 21.3 Å². The molecule has 0 aromatic heterocycles. The first kappa shape index (κ1) is 15.7. The minimum atomic E-state index is 0.394. The highest BCUT2D eigenvalue weighted by atomic mass is 35.5. The van der Waals surface area contributed by atoms with Crippen molar-refractivity contribution in [1.29, 1.82) is 0 Å². The number of anilines is 1. The summed E-state index contributed by atoms with van der Waals surface area (Å²) in [4.78, 5) is 0. The van der Waals surface area contributed by atoms with Gasteiger partial charge in [0, 0.05) is 16.8 Å². The van der Waals surface area contributed by atoms with Gasteiger partial charge in [-0.1, -0.05) is 29.8 Å². The van der Waals surface area contributed by atoms with Crippen molar-refractivity contribution in [2.24, 2.45) is 0 Å². The summed E-state index contributed by atoms with van der Waals surface area (Å²) in [5.74, 6) is 0.902. The molecule has 0 spiro atoms. The summed E-state index contributed by atoms with van der Waals surface area (Å²) in [6.07, 6.45) is 2.11. The SMILES string of the molecule is COc1ccc(CCC(C)Nc2ccc(C)c(Cl)c2)cc1. The van der Waals surface area contributed by atoms with Gasteiger partial charge in [0.2, 0.25) is 0 Å². The Kier molecular flexibility index (Phi) is 5.51. The van der Waals surface area contributed by atoms with E-state index in [1.807, 2.05) is 31.2 Å². The van der Waals surface area contributed by atoms with Crippen LogP contribution in [0.1, 0.15) is 24.5 Å². The predicted octanol–water partition coefficient (Wildman–Crippen LogP) is 5.09. The molecule has 0 heterocycles. The Balaban J connectivity index is 1.86. The molecule has 2 nitrogen and oxygen atoms in total. The van der Waals surface area contributed by atoms with Crippen molar-refractivity contribution in [3.8, 4) is 5.75 Å². The minimum Gasteiger partial charge on any atom is -0.497 e. The van der Waals surface area contributed by atoms with Crippen LogP contribution in [-0.2, 0) is 6.42 Å². The van der Waals surface area contributed by atoms with Crippen LogP contribution in [0.5, 0.6) is 5.75 Å². The number of ether oxygens (including phenoxy) is 1. The van der Waals surface area contributed by atoms with Gasteiger partial charge in [-0.05, 0) is 62.1 Å². The highest BCUT2D eigenvalue weighted by Crippen LogP contribution is 2.21. The molecule has 1 atom stereocenters. The van der Waals surface area contributed by atoms with Crippen LogP contribution in [0.15, 0.2) is 42.5 Å². The van der Waals surface area contributed by atoms with Crippen LogP contribution in [0.4, 0.5) is 5.69 Å². The smallest absolute Gasteiger partial charge is 0.118 e. The van der Waals surface area contributed by atoms with E-state index in [-0.39, 0.29) is 0 Å². The third-order valence-corrected chi connectivity index (χ3v) is 4.02. The number of methoxy groups -OCH3 is 1. The summed E-state index contributed by atoms with van der Waals surface area (Å²) >= 11 is 6.15. The first-order valence-corrected chi connectivity index (χ1v) is 7.62. The largest absolute Gasteiger partial charge is 0.497 e. The zero-order valence-corrected chi connectivity index (χ0v) is 13.6. The Bertz CT molecular complexity index is 580. The van der Waals surface area contributed by atoms with Crippen molar-refractivity contribution in [2.75, 3.05) is 12.4 Å². The Morgan fingerprint density at radius 2 is 1.86 bits per heavy atom. The van der Waals surface area contributed by atoms with Crippen molar-refractivity contribution in [3.05, 3.63) is 58.6 Å². The third-order valence-electron chi connectivity index (χ3n) is 3.61. The van der Waals surface area contributed by atoms with E-state index in [1.165, 1.54) is 5.56 Å². The van der Waals surface area contributed by atoms with E-state index in [0.717, 1.165) is 34.9 Å². The number of hydrogen-bond acceptors (Lipinski definition) is 2. The van der Waals surface area contributed by atoms with Crippen molar-refractivity contribution >= 4 is 17.3 Å². The van der Waals surface area contributed by atoms with Crippen LogP contribution >= 0.6 is 11.6 Å². The maximum atomic E-state index is 6.15. The monoisotopic (exact) mass is 303 g/mol. The van der Waals surface area contributed by atoms with Gasteiger partial charge in [-0.25, -0.2) is 0 Å². The van der Waals surface area contributed by atoms with Gasteiger partial charge in [0.25, 0.3) is 0 Å². The first-order chi connectivity index (χ1) is 10.1. The molecule has 0 radical (unpaired) electrons. The van der Waals surface area contributed by atoms with E-state index in [0.29, 0.717) is 6.04 Å². The van der Waals surface area contributed by atoms with E-state index in [9.17, 15) is 0 Å². The summed E-state index contributed by atoms with van der Waals surface area (Å²) in [6, 6.07) is 14.8. The lowest BCUT2D eigenvalue weighted by Crippen LogP contribution is -2.16. The van der Waals surface area contributed by atoms with Gasteiger partial charge < -0.3 is 10.1 Å². The summed E-state index contributed by atoms with van der Waals surface area (Å²) < 4.78 is 5.17. The summed E-state index contributed by atoms with van der Waals surface area (Å²) in [6.45, 7) is 4.20. The molecule has 0 saturated heterocycles. The third kappa shape index (κ3) is 4.68. The molecule has 3 heteroatoms. The zero-order chi connectivity index (χ0) is 15.2. The predicted molar refractivity (Wildman–Crippen MR) is 90.6 cm³/mol. The highest BCUT2D eigenvalue weighted by Gasteiger charge is 2.04. The van der Waals surface area contributed by atoms with Crippen LogP contribution in [0, 0.1) is 6.92 Å². The molecule has 2 rings (SSSR count). The Hall–Kier alpha value is -1.67. The Labute approximate surface area is 132 Å². The van der Waals surface area contributed by atoms with Crippen LogP contribution < -0.4 is 10.1 Å². The molecule has 0 aliphatic heterocycles. The van der Waals surface area contributed by atoms with Gasteiger partial charge in [-0.15, -0.1) is 0 Å². The lowest BCUT2D eigenvalue weighted by molar-refractivity contribution is 0.414. The molecule has 0 amide bonds. The average molecular weight is 304 g/mol. The number of rotatable bonds is 6. The maximum Gasteiger partial charge on any atom is 0.118 e.